The van der Waals surface area contributed by atoms with Crippen molar-refractivity contribution in [3.8, 4) is 0 Å². The summed E-state index contributed by atoms with van der Waals surface area (Å²) >= 11 is 14.8. The number of halogens is 3. The quantitative estimate of drug-likeness (QED) is 0.744. The van der Waals surface area contributed by atoms with Gasteiger partial charge < -0.3 is 10.6 Å². The number of amides is 2. The van der Waals surface area contributed by atoms with Gasteiger partial charge in [-0.2, -0.15) is 0 Å². The summed E-state index contributed by atoms with van der Waals surface area (Å²) in [4.78, 5) is 27.6. The van der Waals surface area contributed by atoms with E-state index in [0.29, 0.717) is 5.69 Å². The zero-order valence-electron chi connectivity index (χ0n) is 12.0. The smallest absolute Gasteiger partial charge is 0.253 e. The van der Waals surface area contributed by atoms with Crippen LogP contribution < -0.4 is 10.6 Å². The van der Waals surface area contributed by atoms with Crippen molar-refractivity contribution in [2.24, 2.45) is 0 Å². The van der Waals surface area contributed by atoms with Crippen LogP contribution in [0.4, 0.5) is 5.69 Å². The van der Waals surface area contributed by atoms with E-state index in [2.05, 4.69) is 31.5 Å². The Bertz CT molecular complexity index is 768. The molecule has 0 atom stereocenters. The fraction of sp³-hybridized carbons (Fsp3) is 0.133. The van der Waals surface area contributed by atoms with E-state index < -0.39 is 5.91 Å². The van der Waals surface area contributed by atoms with E-state index in [1.54, 1.807) is 6.07 Å². The number of aryl methyl sites for hydroxylation is 1. The fourth-order valence-electron chi connectivity index (χ4n) is 1.77. The van der Waals surface area contributed by atoms with Gasteiger partial charge in [0.2, 0.25) is 5.91 Å². The maximum atomic E-state index is 11.9. The predicted octanol–water partition coefficient (Wildman–Crippen LogP) is 3.83. The van der Waals surface area contributed by atoms with Crippen LogP contribution in [0.1, 0.15) is 15.9 Å². The SMILES string of the molecule is Cc1cc(Br)ccc1NC(=O)CNC(=O)c1cnc(Cl)c(Cl)c1. The first kappa shape index (κ1) is 17.7. The van der Waals surface area contributed by atoms with E-state index in [0.717, 1.165) is 10.0 Å². The summed E-state index contributed by atoms with van der Waals surface area (Å²) in [6.07, 6.45) is 1.29. The molecule has 0 radical (unpaired) electrons. The number of rotatable bonds is 4. The van der Waals surface area contributed by atoms with Crippen LogP contribution in [0.2, 0.25) is 10.2 Å². The Kier molecular flexibility index (Phi) is 5.98. The molecule has 1 heterocycles. The van der Waals surface area contributed by atoms with E-state index in [4.69, 9.17) is 23.2 Å². The molecule has 0 unspecified atom stereocenters. The summed E-state index contributed by atoms with van der Waals surface area (Å²) in [5.41, 5.74) is 1.82. The second kappa shape index (κ2) is 7.77. The zero-order chi connectivity index (χ0) is 17.0. The Balaban J connectivity index is 1.93. The molecule has 0 saturated heterocycles. The predicted molar refractivity (Wildman–Crippen MR) is 94.1 cm³/mol. The largest absolute Gasteiger partial charge is 0.343 e. The van der Waals surface area contributed by atoms with Crippen molar-refractivity contribution >= 4 is 56.6 Å². The van der Waals surface area contributed by atoms with Crippen LogP contribution in [-0.4, -0.2) is 23.3 Å². The van der Waals surface area contributed by atoms with Gasteiger partial charge in [-0.05, 0) is 36.8 Å². The lowest BCUT2D eigenvalue weighted by Gasteiger charge is -2.10. The third-order valence-electron chi connectivity index (χ3n) is 2.93. The molecule has 1 aromatic carbocycles. The number of hydrogen-bond acceptors (Lipinski definition) is 3. The number of nitrogens with zero attached hydrogens (tertiary/aromatic N) is 1. The molecule has 0 fully saturated rings. The summed E-state index contributed by atoms with van der Waals surface area (Å²) in [5.74, 6) is -0.796. The number of anilines is 1. The van der Waals surface area contributed by atoms with Gasteiger partial charge in [0.25, 0.3) is 5.91 Å². The second-order valence-electron chi connectivity index (χ2n) is 4.69. The van der Waals surface area contributed by atoms with Gasteiger partial charge in [-0.25, -0.2) is 4.98 Å². The molecule has 8 heteroatoms. The molecule has 0 bridgehead atoms. The molecule has 120 valence electrons. The van der Waals surface area contributed by atoms with Crippen LogP contribution >= 0.6 is 39.1 Å². The van der Waals surface area contributed by atoms with Crippen molar-refractivity contribution in [3.05, 3.63) is 56.2 Å². The van der Waals surface area contributed by atoms with Gasteiger partial charge in [-0.3, -0.25) is 9.59 Å². The van der Waals surface area contributed by atoms with Crippen LogP contribution in [0.15, 0.2) is 34.9 Å². The number of aromatic nitrogens is 1. The molecule has 1 aromatic heterocycles. The van der Waals surface area contributed by atoms with E-state index in [1.807, 2.05) is 19.1 Å². The summed E-state index contributed by atoms with van der Waals surface area (Å²) in [6.45, 7) is 1.70. The van der Waals surface area contributed by atoms with Crippen LogP contribution in [0.25, 0.3) is 0 Å². The van der Waals surface area contributed by atoms with Crippen molar-refractivity contribution in [2.75, 3.05) is 11.9 Å². The maximum Gasteiger partial charge on any atom is 0.253 e. The van der Waals surface area contributed by atoms with Gasteiger partial charge in [0.15, 0.2) is 0 Å². The molecule has 2 N–H and O–H groups in total. The summed E-state index contributed by atoms with van der Waals surface area (Å²) in [6, 6.07) is 6.88. The van der Waals surface area contributed by atoms with E-state index >= 15 is 0 Å². The number of nitrogens with one attached hydrogen (secondary N) is 2. The van der Waals surface area contributed by atoms with Crippen LogP contribution in [-0.2, 0) is 4.79 Å². The zero-order valence-corrected chi connectivity index (χ0v) is 15.1. The number of pyridine rings is 1. The summed E-state index contributed by atoms with van der Waals surface area (Å²) in [7, 11) is 0. The minimum absolute atomic E-state index is 0.117. The highest BCUT2D eigenvalue weighted by Gasteiger charge is 2.11. The molecular weight excluding hydrogens is 405 g/mol. The number of benzene rings is 1. The van der Waals surface area contributed by atoms with Crippen molar-refractivity contribution in [1.82, 2.24) is 10.3 Å². The molecule has 0 aliphatic rings. The normalized spacial score (nSPS) is 10.3. The van der Waals surface area contributed by atoms with Crippen molar-refractivity contribution in [3.63, 3.8) is 0 Å². The van der Waals surface area contributed by atoms with Gasteiger partial charge in [-0.1, -0.05) is 39.1 Å². The average molecular weight is 417 g/mol. The van der Waals surface area contributed by atoms with Gasteiger partial charge in [0.1, 0.15) is 5.15 Å². The van der Waals surface area contributed by atoms with E-state index in [1.165, 1.54) is 12.3 Å². The molecule has 0 aliphatic heterocycles. The Hall–Kier alpha value is -1.63. The molecule has 2 rings (SSSR count). The topological polar surface area (TPSA) is 71.1 Å². The van der Waals surface area contributed by atoms with Crippen LogP contribution in [0.3, 0.4) is 0 Å². The fourth-order valence-corrected chi connectivity index (χ4v) is 2.51. The Morgan fingerprint density at radius 1 is 1.26 bits per heavy atom. The highest BCUT2D eigenvalue weighted by atomic mass is 79.9. The first-order chi connectivity index (χ1) is 10.9. The maximum absolute atomic E-state index is 11.9. The summed E-state index contributed by atoms with van der Waals surface area (Å²) < 4.78 is 0.924. The second-order valence-corrected chi connectivity index (χ2v) is 6.37. The monoisotopic (exact) mass is 415 g/mol. The molecule has 0 aliphatic carbocycles. The molecule has 2 aromatic rings. The standard InChI is InChI=1S/C15H12BrCl2N3O2/c1-8-4-10(16)2-3-12(8)21-13(22)7-20-15(23)9-5-11(17)14(18)19-6-9/h2-6H,7H2,1H3,(H,20,23)(H,21,22). The lowest BCUT2D eigenvalue weighted by molar-refractivity contribution is -0.115. The third-order valence-corrected chi connectivity index (χ3v) is 4.11. The molecule has 2 amide bonds. The van der Waals surface area contributed by atoms with Gasteiger partial charge in [0, 0.05) is 16.4 Å². The number of carbonyl (C=O) groups is 2. The van der Waals surface area contributed by atoms with E-state index in [-0.39, 0.29) is 28.2 Å². The minimum atomic E-state index is -0.459. The van der Waals surface area contributed by atoms with Crippen molar-refractivity contribution < 1.29 is 9.59 Å². The molecule has 0 saturated carbocycles. The van der Waals surface area contributed by atoms with Gasteiger partial charge >= 0.3 is 0 Å². The van der Waals surface area contributed by atoms with Gasteiger partial charge in [-0.15, -0.1) is 0 Å². The van der Waals surface area contributed by atoms with Crippen LogP contribution in [0, 0.1) is 6.92 Å². The molecular formula is C15H12BrCl2N3O2. The third kappa shape index (κ3) is 4.92. The first-order valence-corrected chi connectivity index (χ1v) is 8.07. The Morgan fingerprint density at radius 3 is 2.65 bits per heavy atom. The minimum Gasteiger partial charge on any atom is -0.343 e. The Labute approximate surface area is 151 Å². The van der Waals surface area contributed by atoms with Gasteiger partial charge in [0.05, 0.1) is 17.1 Å². The molecule has 23 heavy (non-hydrogen) atoms. The highest BCUT2D eigenvalue weighted by molar-refractivity contribution is 9.10. The Morgan fingerprint density at radius 2 is 2.00 bits per heavy atom. The van der Waals surface area contributed by atoms with E-state index in [9.17, 15) is 9.59 Å². The molecule has 0 spiro atoms. The highest BCUT2D eigenvalue weighted by Crippen LogP contribution is 2.20. The van der Waals surface area contributed by atoms with Crippen molar-refractivity contribution in [2.45, 2.75) is 6.92 Å². The van der Waals surface area contributed by atoms with Crippen molar-refractivity contribution in [1.29, 1.82) is 0 Å². The number of carbonyl (C=O) groups excluding carboxylic acids is 2. The summed E-state index contributed by atoms with van der Waals surface area (Å²) in [5, 5.41) is 5.51. The first-order valence-electron chi connectivity index (χ1n) is 6.52. The number of hydrogen-bond donors (Lipinski definition) is 2. The van der Waals surface area contributed by atoms with Crippen LogP contribution in [0.5, 0.6) is 0 Å². The lowest BCUT2D eigenvalue weighted by atomic mass is 10.2. The molecule has 5 nitrogen and oxygen atoms in total. The lowest BCUT2D eigenvalue weighted by Crippen LogP contribution is -2.33. The average Bonchev–Trinajstić information content (AvgIpc) is 2.50.